The molecule has 0 aliphatic rings. The van der Waals surface area contributed by atoms with Crippen LogP contribution in [-0.2, 0) is 6.42 Å². The van der Waals surface area contributed by atoms with Crippen LogP contribution < -0.4 is 4.74 Å². The van der Waals surface area contributed by atoms with E-state index in [1.54, 1.807) is 7.11 Å². The Morgan fingerprint density at radius 1 is 1.10 bits per heavy atom. The molecule has 2 rings (SSSR count). The largest absolute Gasteiger partial charge is 0.496 e. The van der Waals surface area contributed by atoms with E-state index in [9.17, 15) is 5.11 Å². The first kappa shape index (κ1) is 16.5. The van der Waals surface area contributed by atoms with Gasteiger partial charge >= 0.3 is 0 Å². The van der Waals surface area contributed by atoms with Crippen molar-refractivity contribution < 1.29 is 9.84 Å². The lowest BCUT2D eigenvalue weighted by molar-refractivity contribution is 0.178. The van der Waals surface area contributed by atoms with Gasteiger partial charge in [0.2, 0.25) is 0 Å². The summed E-state index contributed by atoms with van der Waals surface area (Å²) in [5.41, 5.74) is 4.29. The van der Waals surface area contributed by atoms with E-state index in [1.165, 1.54) is 0 Å². The molecule has 4 heteroatoms. The Kier molecular flexibility index (Phi) is 5.47. The molecular formula is C17H18Br2O2. The fourth-order valence-corrected chi connectivity index (χ4v) is 3.17. The molecule has 0 aliphatic heterocycles. The van der Waals surface area contributed by atoms with E-state index in [4.69, 9.17) is 4.74 Å². The molecule has 0 spiro atoms. The minimum atomic E-state index is -0.518. The standard InChI is InChI=1S/C17H18Br2O2/c1-10-6-13(7-11(2)17(10)19)15(20)9-12-4-5-16(21-3)14(18)8-12/h4-8,15,20H,9H2,1-3H3. The molecule has 2 aromatic rings. The number of benzene rings is 2. The average molecular weight is 414 g/mol. The third-order valence-electron chi connectivity index (χ3n) is 3.49. The highest BCUT2D eigenvalue weighted by Crippen LogP contribution is 2.30. The van der Waals surface area contributed by atoms with Crippen molar-refractivity contribution in [3.8, 4) is 5.75 Å². The fourth-order valence-electron chi connectivity index (χ4n) is 2.35. The van der Waals surface area contributed by atoms with Gasteiger partial charge in [-0.1, -0.05) is 34.1 Å². The molecule has 0 radical (unpaired) electrons. The van der Waals surface area contributed by atoms with E-state index in [1.807, 2.05) is 44.2 Å². The number of hydrogen-bond acceptors (Lipinski definition) is 2. The number of rotatable bonds is 4. The number of ether oxygens (including phenoxy) is 1. The maximum Gasteiger partial charge on any atom is 0.133 e. The molecule has 0 fully saturated rings. The Morgan fingerprint density at radius 2 is 1.71 bits per heavy atom. The maximum absolute atomic E-state index is 10.5. The van der Waals surface area contributed by atoms with Gasteiger partial charge in [0.05, 0.1) is 17.7 Å². The van der Waals surface area contributed by atoms with Crippen LogP contribution in [-0.4, -0.2) is 12.2 Å². The number of aliphatic hydroxyl groups is 1. The highest BCUT2D eigenvalue weighted by atomic mass is 79.9. The molecule has 21 heavy (non-hydrogen) atoms. The van der Waals surface area contributed by atoms with E-state index in [-0.39, 0.29) is 0 Å². The number of aliphatic hydroxyl groups excluding tert-OH is 1. The number of methoxy groups -OCH3 is 1. The molecule has 0 aromatic heterocycles. The predicted octanol–water partition coefficient (Wildman–Crippen LogP) is 5.11. The number of hydrogen-bond donors (Lipinski definition) is 1. The van der Waals surface area contributed by atoms with Crippen LogP contribution in [0.5, 0.6) is 5.75 Å². The minimum Gasteiger partial charge on any atom is -0.496 e. The summed E-state index contributed by atoms with van der Waals surface area (Å²) in [7, 11) is 1.64. The normalized spacial score (nSPS) is 12.3. The van der Waals surface area contributed by atoms with Gasteiger partial charge < -0.3 is 9.84 Å². The van der Waals surface area contributed by atoms with Gasteiger partial charge in [-0.15, -0.1) is 0 Å². The molecule has 1 unspecified atom stereocenters. The highest BCUT2D eigenvalue weighted by Gasteiger charge is 2.12. The van der Waals surface area contributed by atoms with Crippen LogP contribution >= 0.6 is 31.9 Å². The molecule has 2 aromatic carbocycles. The van der Waals surface area contributed by atoms with Crippen molar-refractivity contribution in [3.05, 3.63) is 61.5 Å². The SMILES string of the molecule is COc1ccc(CC(O)c2cc(C)c(Br)c(C)c2)cc1Br. The van der Waals surface area contributed by atoms with Gasteiger partial charge in [0.1, 0.15) is 5.75 Å². The monoisotopic (exact) mass is 412 g/mol. The Labute approximate surface area is 142 Å². The molecule has 0 aliphatic carbocycles. The van der Waals surface area contributed by atoms with Crippen molar-refractivity contribution in [1.29, 1.82) is 0 Å². The summed E-state index contributed by atoms with van der Waals surface area (Å²) in [5, 5.41) is 10.5. The molecular weight excluding hydrogens is 396 g/mol. The van der Waals surface area contributed by atoms with Crippen molar-refractivity contribution in [2.24, 2.45) is 0 Å². The first-order chi connectivity index (χ1) is 9.92. The van der Waals surface area contributed by atoms with Crippen molar-refractivity contribution >= 4 is 31.9 Å². The summed E-state index contributed by atoms with van der Waals surface area (Å²) in [6.07, 6.45) is 0.0547. The van der Waals surface area contributed by atoms with Crippen LogP contribution in [0.25, 0.3) is 0 Å². The van der Waals surface area contributed by atoms with Crippen LogP contribution in [0.1, 0.15) is 28.4 Å². The Hall–Kier alpha value is -0.840. The second-order valence-corrected chi connectivity index (χ2v) is 6.80. The Bertz CT molecular complexity index is 630. The average Bonchev–Trinajstić information content (AvgIpc) is 2.44. The Morgan fingerprint density at radius 3 is 2.24 bits per heavy atom. The molecule has 112 valence electrons. The lowest BCUT2D eigenvalue weighted by atomic mass is 9.98. The van der Waals surface area contributed by atoms with Crippen LogP contribution in [0, 0.1) is 13.8 Å². The topological polar surface area (TPSA) is 29.5 Å². The van der Waals surface area contributed by atoms with Gasteiger partial charge in [0.15, 0.2) is 0 Å². The lowest BCUT2D eigenvalue weighted by Crippen LogP contribution is -2.03. The first-order valence-electron chi connectivity index (χ1n) is 6.69. The summed E-state index contributed by atoms with van der Waals surface area (Å²) in [6.45, 7) is 4.08. The maximum atomic E-state index is 10.5. The van der Waals surface area contributed by atoms with E-state index in [2.05, 4.69) is 31.9 Å². The van der Waals surface area contributed by atoms with Crippen LogP contribution in [0.15, 0.2) is 39.3 Å². The van der Waals surface area contributed by atoms with Crippen molar-refractivity contribution in [3.63, 3.8) is 0 Å². The highest BCUT2D eigenvalue weighted by molar-refractivity contribution is 9.10. The molecule has 1 N–H and O–H groups in total. The Balaban J connectivity index is 2.21. The third kappa shape index (κ3) is 3.87. The summed E-state index contributed by atoms with van der Waals surface area (Å²) >= 11 is 7.03. The van der Waals surface area contributed by atoms with Gasteiger partial charge in [0, 0.05) is 10.9 Å². The summed E-state index contributed by atoms with van der Waals surface area (Å²) < 4.78 is 7.22. The van der Waals surface area contributed by atoms with E-state index >= 15 is 0 Å². The van der Waals surface area contributed by atoms with Gasteiger partial charge in [-0.25, -0.2) is 0 Å². The van der Waals surface area contributed by atoms with Crippen molar-refractivity contribution in [2.75, 3.05) is 7.11 Å². The van der Waals surface area contributed by atoms with Crippen molar-refractivity contribution in [1.82, 2.24) is 0 Å². The molecule has 1 atom stereocenters. The minimum absolute atomic E-state index is 0.518. The van der Waals surface area contributed by atoms with Crippen molar-refractivity contribution in [2.45, 2.75) is 26.4 Å². The smallest absolute Gasteiger partial charge is 0.133 e. The molecule has 2 nitrogen and oxygen atoms in total. The summed E-state index contributed by atoms with van der Waals surface area (Å²) in [5.74, 6) is 0.795. The zero-order valence-corrected chi connectivity index (χ0v) is 15.5. The predicted molar refractivity (Wildman–Crippen MR) is 93.0 cm³/mol. The number of halogens is 2. The first-order valence-corrected chi connectivity index (χ1v) is 8.28. The zero-order valence-electron chi connectivity index (χ0n) is 12.3. The third-order valence-corrected chi connectivity index (χ3v) is 5.36. The van der Waals surface area contributed by atoms with E-state index in [0.717, 1.165) is 36.9 Å². The van der Waals surface area contributed by atoms with Crippen LogP contribution in [0.2, 0.25) is 0 Å². The number of aryl methyl sites for hydroxylation is 2. The molecule has 0 saturated heterocycles. The van der Waals surface area contributed by atoms with Gasteiger partial charge in [-0.05, 0) is 64.2 Å². The summed E-state index contributed by atoms with van der Waals surface area (Å²) in [6, 6.07) is 9.93. The van der Waals surface area contributed by atoms with Gasteiger partial charge in [-0.3, -0.25) is 0 Å². The van der Waals surface area contributed by atoms with Gasteiger partial charge in [-0.2, -0.15) is 0 Å². The fraction of sp³-hybridized carbons (Fsp3) is 0.294. The molecule has 0 saturated carbocycles. The van der Waals surface area contributed by atoms with Crippen LogP contribution in [0.3, 0.4) is 0 Å². The van der Waals surface area contributed by atoms with Gasteiger partial charge in [0.25, 0.3) is 0 Å². The molecule has 0 bridgehead atoms. The summed E-state index contributed by atoms with van der Waals surface area (Å²) in [4.78, 5) is 0. The quantitative estimate of drug-likeness (QED) is 0.754. The second-order valence-electron chi connectivity index (χ2n) is 5.16. The molecule has 0 heterocycles. The van der Waals surface area contributed by atoms with E-state index < -0.39 is 6.10 Å². The second kappa shape index (κ2) is 6.95. The van der Waals surface area contributed by atoms with Crippen LogP contribution in [0.4, 0.5) is 0 Å². The van der Waals surface area contributed by atoms with E-state index in [0.29, 0.717) is 6.42 Å². The molecule has 0 amide bonds. The lowest BCUT2D eigenvalue weighted by Gasteiger charge is -2.15. The zero-order chi connectivity index (χ0) is 15.6.